The van der Waals surface area contributed by atoms with E-state index in [1.807, 2.05) is 47.5 Å². The maximum Gasteiger partial charge on any atom is 0.247 e. The van der Waals surface area contributed by atoms with Crippen molar-refractivity contribution in [3.63, 3.8) is 0 Å². The first-order valence-corrected chi connectivity index (χ1v) is 15.4. The van der Waals surface area contributed by atoms with Gasteiger partial charge in [0.1, 0.15) is 17.9 Å². The van der Waals surface area contributed by atoms with Crippen LogP contribution in [0.2, 0.25) is 5.02 Å². The Morgan fingerprint density at radius 2 is 1.93 bits per heavy atom. The molecule has 1 amide bonds. The first kappa shape index (κ1) is 28.8. The molecule has 0 saturated carbocycles. The quantitative estimate of drug-likeness (QED) is 0.321. The summed E-state index contributed by atoms with van der Waals surface area (Å²) in [6, 6.07) is 14.6. The normalized spacial score (nSPS) is 23.4. The lowest BCUT2D eigenvalue weighted by Crippen LogP contribution is -2.73. The molecular formula is C32H36ClN7O4. The highest BCUT2D eigenvalue weighted by Crippen LogP contribution is 2.42. The van der Waals surface area contributed by atoms with E-state index in [0.717, 1.165) is 56.8 Å². The Kier molecular flexibility index (Phi) is 8.02. The number of aromatic nitrogens is 2. The largest absolute Gasteiger partial charge is 0.494 e. The van der Waals surface area contributed by atoms with Crippen molar-refractivity contribution in [2.75, 3.05) is 60.6 Å². The van der Waals surface area contributed by atoms with Crippen molar-refractivity contribution in [1.29, 1.82) is 0 Å². The number of anilines is 5. The number of hydrogen-bond donors (Lipinski definition) is 2. The Hall–Kier alpha value is -3.90. The minimum absolute atomic E-state index is 0.00160. The van der Waals surface area contributed by atoms with Gasteiger partial charge in [-0.2, -0.15) is 0 Å². The summed E-state index contributed by atoms with van der Waals surface area (Å²) < 4.78 is 11.4. The summed E-state index contributed by atoms with van der Waals surface area (Å²) in [5, 5.41) is 8.88. The molecule has 44 heavy (non-hydrogen) atoms. The summed E-state index contributed by atoms with van der Waals surface area (Å²) in [6.45, 7) is 7.88. The van der Waals surface area contributed by atoms with Crippen LogP contribution in [-0.2, 0) is 14.4 Å². The topological polar surface area (TPSA) is 104 Å². The molecule has 7 rings (SSSR count). The molecule has 5 heterocycles. The lowest BCUT2D eigenvalue weighted by molar-refractivity contribution is -0.228. The maximum absolute atomic E-state index is 12.5. The molecule has 1 aromatic heterocycles. The van der Waals surface area contributed by atoms with Gasteiger partial charge in [-0.15, -0.1) is 0 Å². The number of ether oxygens (including phenoxy) is 2. The fourth-order valence-corrected chi connectivity index (χ4v) is 6.73. The van der Waals surface area contributed by atoms with Crippen molar-refractivity contribution in [2.45, 2.75) is 43.5 Å². The van der Waals surface area contributed by atoms with Crippen LogP contribution in [0, 0.1) is 0 Å². The number of nitrogens with one attached hydrogen (secondary N) is 2. The third kappa shape index (κ3) is 5.56. The van der Waals surface area contributed by atoms with E-state index in [1.165, 1.54) is 12.4 Å². The second kappa shape index (κ2) is 12.2. The van der Waals surface area contributed by atoms with Crippen molar-refractivity contribution in [3.05, 3.63) is 72.0 Å². The van der Waals surface area contributed by atoms with E-state index >= 15 is 0 Å². The van der Waals surface area contributed by atoms with Crippen molar-refractivity contribution < 1.29 is 19.1 Å². The average molecular weight is 618 g/mol. The zero-order valence-electron chi connectivity index (χ0n) is 24.6. The Labute approximate surface area is 261 Å². The third-order valence-electron chi connectivity index (χ3n) is 9.06. The van der Waals surface area contributed by atoms with Crippen LogP contribution in [0.3, 0.4) is 0 Å². The van der Waals surface area contributed by atoms with Crippen LogP contribution in [0.15, 0.2) is 61.4 Å². The van der Waals surface area contributed by atoms with Crippen molar-refractivity contribution in [1.82, 2.24) is 14.9 Å². The number of methoxy groups -OCH3 is 1. The smallest absolute Gasteiger partial charge is 0.247 e. The Bertz CT molecular complexity index is 1530. The summed E-state index contributed by atoms with van der Waals surface area (Å²) in [5.41, 5.74) is 3.33. The highest BCUT2D eigenvalue weighted by atomic mass is 35.5. The fourth-order valence-electron chi connectivity index (χ4n) is 6.60. The summed E-state index contributed by atoms with van der Waals surface area (Å²) in [6.07, 6.45) is 6.15. The molecule has 2 N–H and O–H groups in total. The molecule has 4 fully saturated rings. The predicted molar refractivity (Wildman–Crippen MR) is 170 cm³/mol. The summed E-state index contributed by atoms with van der Waals surface area (Å²) in [7, 11) is 1.64. The zero-order chi connectivity index (χ0) is 30.2. The van der Waals surface area contributed by atoms with E-state index in [0.29, 0.717) is 58.6 Å². The first-order chi connectivity index (χ1) is 21.5. The van der Waals surface area contributed by atoms with Gasteiger partial charge in [0.05, 0.1) is 55.6 Å². The van der Waals surface area contributed by atoms with Crippen LogP contribution in [0.1, 0.15) is 30.9 Å². The SMILES string of the molecule is C=CC(=O)Nc1cc(Nc2cc(N3OCC[C@@H]3c3ccc(Cl)cc3)ncn2)c(OC)cc1N1CCC(N2CC3OC[C@@H]32)CC1. The molecule has 0 spiro atoms. The van der Waals surface area contributed by atoms with Crippen molar-refractivity contribution in [2.24, 2.45) is 0 Å². The monoisotopic (exact) mass is 617 g/mol. The van der Waals surface area contributed by atoms with Gasteiger partial charge in [-0.25, -0.2) is 15.0 Å². The van der Waals surface area contributed by atoms with E-state index in [2.05, 4.69) is 37.0 Å². The van der Waals surface area contributed by atoms with Gasteiger partial charge in [-0.1, -0.05) is 30.3 Å². The van der Waals surface area contributed by atoms with Crippen LogP contribution < -0.4 is 25.3 Å². The molecule has 0 bridgehead atoms. The molecule has 0 aliphatic carbocycles. The molecule has 11 nitrogen and oxygen atoms in total. The molecule has 230 valence electrons. The van der Waals surface area contributed by atoms with Crippen molar-refractivity contribution >= 4 is 46.2 Å². The highest BCUT2D eigenvalue weighted by Gasteiger charge is 2.50. The number of fused-ring (bicyclic) bond motifs is 1. The van der Waals surface area contributed by atoms with Gasteiger partial charge in [0.25, 0.3) is 0 Å². The number of rotatable bonds is 9. The van der Waals surface area contributed by atoms with Gasteiger partial charge < -0.3 is 25.0 Å². The van der Waals surface area contributed by atoms with E-state index in [9.17, 15) is 4.79 Å². The molecule has 3 aromatic rings. The lowest BCUT2D eigenvalue weighted by atomic mass is 9.89. The van der Waals surface area contributed by atoms with Gasteiger partial charge in [-0.05, 0) is 42.7 Å². The van der Waals surface area contributed by atoms with Gasteiger partial charge >= 0.3 is 0 Å². The number of carbonyl (C=O) groups excluding carboxylic acids is 1. The second-order valence-electron chi connectivity index (χ2n) is 11.5. The standard InChI is InChI=1S/C32H36ClN7O4/c1-3-32(41)37-23-14-24(28(42-2)15-26(23)38-11-8-22(9-12-38)39-17-29-27(39)18-43-29)36-30-16-31(35-19-34-30)40-25(10-13-44-40)20-4-6-21(33)7-5-20/h3-7,14-16,19,22,25,27,29H,1,8-13,17-18H2,2H3,(H,37,41)(H,34,35,36)/t25-,27+,29?/m1/s1. The fraction of sp³-hybridized carbons (Fsp3) is 0.406. The van der Waals surface area contributed by atoms with Gasteiger partial charge in [0.2, 0.25) is 5.91 Å². The molecule has 4 aliphatic rings. The van der Waals surface area contributed by atoms with Gasteiger partial charge in [0, 0.05) is 49.3 Å². The van der Waals surface area contributed by atoms with Crippen LogP contribution in [0.4, 0.5) is 28.7 Å². The Balaban J connectivity index is 1.12. The predicted octanol–water partition coefficient (Wildman–Crippen LogP) is 4.94. The number of amides is 1. The average Bonchev–Trinajstić information content (AvgIpc) is 3.53. The number of carbonyl (C=O) groups is 1. The van der Waals surface area contributed by atoms with Crippen LogP contribution in [0.5, 0.6) is 5.75 Å². The van der Waals surface area contributed by atoms with Gasteiger partial charge in [0.15, 0.2) is 5.82 Å². The molecule has 0 radical (unpaired) electrons. The number of piperidine rings is 1. The van der Waals surface area contributed by atoms with E-state index in [1.54, 1.807) is 7.11 Å². The number of nitrogens with zero attached hydrogens (tertiary/aromatic N) is 5. The zero-order valence-corrected chi connectivity index (χ0v) is 25.4. The summed E-state index contributed by atoms with van der Waals surface area (Å²) in [5.74, 6) is 1.53. The molecule has 2 aromatic carbocycles. The second-order valence-corrected chi connectivity index (χ2v) is 12.0. The Morgan fingerprint density at radius 1 is 1.11 bits per heavy atom. The van der Waals surface area contributed by atoms with Gasteiger partial charge in [-0.3, -0.25) is 14.5 Å². The van der Waals surface area contributed by atoms with Crippen LogP contribution in [-0.4, -0.2) is 78.9 Å². The Morgan fingerprint density at radius 3 is 2.61 bits per heavy atom. The molecule has 4 saturated heterocycles. The third-order valence-corrected chi connectivity index (χ3v) is 9.31. The van der Waals surface area contributed by atoms with E-state index in [4.69, 9.17) is 25.9 Å². The number of halogens is 1. The first-order valence-electron chi connectivity index (χ1n) is 15.0. The molecule has 12 heteroatoms. The van der Waals surface area contributed by atoms with E-state index in [-0.39, 0.29) is 11.9 Å². The highest BCUT2D eigenvalue weighted by molar-refractivity contribution is 6.30. The number of morpholine rings is 1. The number of hydrogen-bond acceptors (Lipinski definition) is 10. The maximum atomic E-state index is 12.5. The number of benzene rings is 2. The summed E-state index contributed by atoms with van der Waals surface area (Å²) in [4.78, 5) is 32.3. The van der Waals surface area contributed by atoms with E-state index < -0.39 is 0 Å². The molecular weight excluding hydrogens is 582 g/mol. The number of hydroxylamine groups is 1. The van der Waals surface area contributed by atoms with Crippen LogP contribution >= 0.6 is 11.6 Å². The minimum Gasteiger partial charge on any atom is -0.494 e. The minimum atomic E-state index is -0.280. The lowest BCUT2D eigenvalue weighted by Gasteiger charge is -2.58. The summed E-state index contributed by atoms with van der Waals surface area (Å²) >= 11 is 6.11. The number of likely N-dealkylation sites (tertiary alicyclic amines) is 1. The molecule has 1 unspecified atom stereocenters. The molecule has 3 atom stereocenters. The van der Waals surface area contributed by atoms with Crippen molar-refractivity contribution in [3.8, 4) is 5.75 Å². The van der Waals surface area contributed by atoms with Crippen LogP contribution in [0.25, 0.3) is 0 Å². The molecule has 4 aliphatic heterocycles.